The fraction of sp³-hybridized carbons (Fsp3) is 0.417. The van der Waals surface area contributed by atoms with Gasteiger partial charge in [-0.15, -0.1) is 0 Å². The standard InChI is InChI=1S/C12H16N2O2/c13-7-3-6-12(15)14-10-8-16-11-5-2-1-4-9(10)11/h1-2,4-5,10H,3,6-8,13H2,(H,14,15). The highest BCUT2D eigenvalue weighted by molar-refractivity contribution is 5.76. The van der Waals surface area contributed by atoms with Crippen LogP contribution in [0, 0.1) is 0 Å². The molecule has 1 amide bonds. The Balaban J connectivity index is 1.95. The minimum absolute atomic E-state index is 0.0125. The van der Waals surface area contributed by atoms with E-state index in [0.29, 0.717) is 19.6 Å². The third-order valence-corrected chi connectivity index (χ3v) is 2.64. The van der Waals surface area contributed by atoms with Crippen molar-refractivity contribution in [3.05, 3.63) is 29.8 Å². The van der Waals surface area contributed by atoms with Crippen molar-refractivity contribution in [3.63, 3.8) is 0 Å². The van der Waals surface area contributed by atoms with Crippen LogP contribution in [0.25, 0.3) is 0 Å². The van der Waals surface area contributed by atoms with E-state index in [-0.39, 0.29) is 11.9 Å². The Morgan fingerprint density at radius 1 is 1.50 bits per heavy atom. The summed E-state index contributed by atoms with van der Waals surface area (Å²) in [5.41, 5.74) is 6.42. The predicted octanol–water partition coefficient (Wildman–Crippen LogP) is 0.975. The Labute approximate surface area is 94.8 Å². The molecule has 0 bridgehead atoms. The number of nitrogens with two attached hydrogens (primary N) is 1. The van der Waals surface area contributed by atoms with E-state index >= 15 is 0 Å². The Bertz CT molecular complexity index is 379. The van der Waals surface area contributed by atoms with Crippen LogP contribution in [0.5, 0.6) is 5.75 Å². The van der Waals surface area contributed by atoms with Gasteiger partial charge in [-0.25, -0.2) is 0 Å². The lowest BCUT2D eigenvalue weighted by atomic mass is 10.1. The van der Waals surface area contributed by atoms with Gasteiger partial charge in [-0.05, 0) is 19.0 Å². The van der Waals surface area contributed by atoms with E-state index < -0.39 is 0 Å². The van der Waals surface area contributed by atoms with E-state index in [4.69, 9.17) is 10.5 Å². The fourth-order valence-corrected chi connectivity index (χ4v) is 1.81. The van der Waals surface area contributed by atoms with Gasteiger partial charge >= 0.3 is 0 Å². The molecular weight excluding hydrogens is 204 g/mol. The van der Waals surface area contributed by atoms with Gasteiger partial charge in [0.15, 0.2) is 0 Å². The summed E-state index contributed by atoms with van der Waals surface area (Å²) in [5.74, 6) is 0.905. The van der Waals surface area contributed by atoms with Crippen molar-refractivity contribution in [2.75, 3.05) is 13.2 Å². The largest absolute Gasteiger partial charge is 0.491 e. The first-order chi connectivity index (χ1) is 7.81. The zero-order chi connectivity index (χ0) is 11.4. The van der Waals surface area contributed by atoms with E-state index in [9.17, 15) is 4.79 Å². The van der Waals surface area contributed by atoms with E-state index in [1.165, 1.54) is 0 Å². The molecule has 1 atom stereocenters. The zero-order valence-corrected chi connectivity index (χ0v) is 9.11. The second-order valence-corrected chi connectivity index (χ2v) is 3.86. The summed E-state index contributed by atoms with van der Waals surface area (Å²) in [7, 11) is 0. The van der Waals surface area contributed by atoms with Crippen molar-refractivity contribution in [3.8, 4) is 5.75 Å². The molecule has 16 heavy (non-hydrogen) atoms. The molecule has 0 aromatic heterocycles. The molecule has 1 heterocycles. The molecule has 1 aromatic carbocycles. The van der Waals surface area contributed by atoms with Crippen LogP contribution in [0.4, 0.5) is 0 Å². The fourth-order valence-electron chi connectivity index (χ4n) is 1.81. The molecule has 0 saturated carbocycles. The Kier molecular flexibility index (Phi) is 3.41. The van der Waals surface area contributed by atoms with Crippen LogP contribution < -0.4 is 15.8 Å². The van der Waals surface area contributed by atoms with Crippen molar-refractivity contribution in [2.24, 2.45) is 5.73 Å². The van der Waals surface area contributed by atoms with Crippen LogP contribution in [0.1, 0.15) is 24.4 Å². The molecule has 2 rings (SSSR count). The van der Waals surface area contributed by atoms with Crippen molar-refractivity contribution in [1.29, 1.82) is 0 Å². The molecule has 0 aliphatic carbocycles. The summed E-state index contributed by atoms with van der Waals surface area (Å²) in [4.78, 5) is 11.5. The molecule has 0 saturated heterocycles. The number of ether oxygens (including phenoxy) is 1. The number of hydrogen-bond acceptors (Lipinski definition) is 3. The topological polar surface area (TPSA) is 64.4 Å². The first-order valence-corrected chi connectivity index (χ1v) is 5.52. The number of hydrogen-bond donors (Lipinski definition) is 2. The molecule has 1 aromatic rings. The zero-order valence-electron chi connectivity index (χ0n) is 9.11. The quantitative estimate of drug-likeness (QED) is 0.794. The van der Waals surface area contributed by atoms with Crippen molar-refractivity contribution < 1.29 is 9.53 Å². The number of nitrogens with one attached hydrogen (secondary N) is 1. The molecule has 1 aliphatic rings. The van der Waals surface area contributed by atoms with Gasteiger partial charge in [0.05, 0.1) is 6.04 Å². The summed E-state index contributed by atoms with van der Waals surface area (Å²) < 4.78 is 5.48. The smallest absolute Gasteiger partial charge is 0.220 e. The van der Waals surface area contributed by atoms with Gasteiger partial charge in [0.1, 0.15) is 12.4 Å². The molecule has 3 N–H and O–H groups in total. The lowest BCUT2D eigenvalue weighted by Gasteiger charge is -2.11. The Hall–Kier alpha value is -1.55. The number of carbonyl (C=O) groups is 1. The van der Waals surface area contributed by atoms with Crippen LogP contribution in [0.2, 0.25) is 0 Å². The third kappa shape index (κ3) is 2.33. The first-order valence-electron chi connectivity index (χ1n) is 5.52. The Morgan fingerprint density at radius 2 is 2.31 bits per heavy atom. The minimum Gasteiger partial charge on any atom is -0.491 e. The molecular formula is C12H16N2O2. The van der Waals surface area contributed by atoms with E-state index in [1.54, 1.807) is 0 Å². The summed E-state index contributed by atoms with van der Waals surface area (Å²) in [6.45, 7) is 1.07. The maximum Gasteiger partial charge on any atom is 0.220 e. The summed E-state index contributed by atoms with van der Waals surface area (Å²) in [6, 6.07) is 7.77. The monoisotopic (exact) mass is 220 g/mol. The van der Waals surface area contributed by atoms with Gasteiger partial charge < -0.3 is 15.8 Å². The molecule has 1 unspecified atom stereocenters. The van der Waals surface area contributed by atoms with Gasteiger partial charge in [0.2, 0.25) is 5.91 Å². The van der Waals surface area contributed by atoms with Crippen molar-refractivity contribution in [2.45, 2.75) is 18.9 Å². The molecule has 1 aliphatic heterocycles. The number of fused-ring (bicyclic) bond motifs is 1. The number of para-hydroxylation sites is 1. The number of carbonyl (C=O) groups excluding carboxylic acids is 1. The summed E-state index contributed by atoms with van der Waals surface area (Å²) in [5, 5.41) is 2.95. The van der Waals surface area contributed by atoms with Gasteiger partial charge in [-0.2, -0.15) is 0 Å². The minimum atomic E-state index is -0.0125. The van der Waals surface area contributed by atoms with Gasteiger partial charge in [-0.3, -0.25) is 4.79 Å². The molecule has 0 fully saturated rings. The van der Waals surface area contributed by atoms with Gasteiger partial charge in [0, 0.05) is 12.0 Å². The van der Waals surface area contributed by atoms with Crippen LogP contribution in [0.3, 0.4) is 0 Å². The number of benzene rings is 1. The van der Waals surface area contributed by atoms with E-state index in [2.05, 4.69) is 5.32 Å². The maximum atomic E-state index is 11.5. The van der Waals surface area contributed by atoms with Crippen LogP contribution >= 0.6 is 0 Å². The third-order valence-electron chi connectivity index (χ3n) is 2.64. The average molecular weight is 220 g/mol. The molecule has 4 heteroatoms. The van der Waals surface area contributed by atoms with Crippen molar-refractivity contribution >= 4 is 5.91 Å². The first kappa shape index (κ1) is 11.0. The second kappa shape index (κ2) is 4.99. The molecule has 0 spiro atoms. The highest BCUT2D eigenvalue weighted by Gasteiger charge is 2.24. The molecule has 4 nitrogen and oxygen atoms in total. The number of amides is 1. The van der Waals surface area contributed by atoms with Crippen LogP contribution in [0.15, 0.2) is 24.3 Å². The normalized spacial score (nSPS) is 17.7. The van der Waals surface area contributed by atoms with Crippen molar-refractivity contribution in [1.82, 2.24) is 5.32 Å². The van der Waals surface area contributed by atoms with E-state index in [1.807, 2.05) is 24.3 Å². The number of rotatable bonds is 4. The summed E-state index contributed by atoms with van der Waals surface area (Å²) >= 11 is 0. The lowest BCUT2D eigenvalue weighted by Crippen LogP contribution is -2.29. The average Bonchev–Trinajstić information content (AvgIpc) is 2.70. The van der Waals surface area contributed by atoms with E-state index in [0.717, 1.165) is 17.7 Å². The van der Waals surface area contributed by atoms with Crippen LogP contribution in [-0.4, -0.2) is 19.1 Å². The summed E-state index contributed by atoms with van der Waals surface area (Å²) in [6.07, 6.45) is 1.20. The molecule has 86 valence electrons. The molecule has 0 radical (unpaired) electrons. The maximum absolute atomic E-state index is 11.5. The van der Waals surface area contributed by atoms with Gasteiger partial charge in [-0.1, -0.05) is 18.2 Å². The van der Waals surface area contributed by atoms with Crippen LogP contribution in [-0.2, 0) is 4.79 Å². The lowest BCUT2D eigenvalue weighted by molar-refractivity contribution is -0.122. The predicted molar refractivity (Wildman–Crippen MR) is 61.1 cm³/mol. The highest BCUT2D eigenvalue weighted by Crippen LogP contribution is 2.31. The highest BCUT2D eigenvalue weighted by atomic mass is 16.5. The van der Waals surface area contributed by atoms with Gasteiger partial charge in [0.25, 0.3) is 0 Å². The SMILES string of the molecule is NCCCC(=O)NC1COc2ccccc21. The Morgan fingerprint density at radius 3 is 3.12 bits per heavy atom. The second-order valence-electron chi connectivity index (χ2n) is 3.86.